The first-order valence-corrected chi connectivity index (χ1v) is 9.22. The average molecular weight is 394 g/mol. The van der Waals surface area contributed by atoms with Crippen molar-refractivity contribution in [2.45, 2.75) is 37.3 Å². The van der Waals surface area contributed by atoms with Crippen LogP contribution in [0.15, 0.2) is 27.6 Å². The van der Waals surface area contributed by atoms with Gasteiger partial charge in [-0.1, -0.05) is 22.0 Å². The van der Waals surface area contributed by atoms with Crippen LogP contribution < -0.4 is 5.32 Å². The Morgan fingerprint density at radius 1 is 1.41 bits per heavy atom. The molecule has 0 saturated carbocycles. The van der Waals surface area contributed by atoms with Crippen LogP contribution in [0, 0.1) is 0 Å². The quantitative estimate of drug-likeness (QED) is 0.818. The van der Waals surface area contributed by atoms with Gasteiger partial charge in [-0.3, -0.25) is 0 Å². The van der Waals surface area contributed by atoms with Crippen LogP contribution in [0.2, 0.25) is 0 Å². The molecular weight excluding hydrogens is 374 g/mol. The normalized spacial score (nSPS) is 13.5. The Hall–Kier alpha value is -1.12. The zero-order valence-corrected chi connectivity index (χ0v) is 15.3. The lowest BCUT2D eigenvalue weighted by molar-refractivity contribution is 0.0481. The summed E-state index contributed by atoms with van der Waals surface area (Å²) in [7, 11) is -3.33. The van der Waals surface area contributed by atoms with Crippen molar-refractivity contribution in [2.24, 2.45) is 0 Å². The van der Waals surface area contributed by atoms with Crippen molar-refractivity contribution < 1.29 is 23.1 Å². The van der Waals surface area contributed by atoms with Crippen molar-refractivity contribution in [3.05, 3.63) is 28.2 Å². The number of benzene rings is 1. The number of rotatable bonds is 4. The fourth-order valence-electron chi connectivity index (χ4n) is 1.69. The fourth-order valence-corrected chi connectivity index (χ4v) is 3.15. The minimum absolute atomic E-state index is 0.150. The van der Waals surface area contributed by atoms with E-state index in [1.807, 2.05) is 0 Å². The molecule has 0 unspecified atom stereocenters. The lowest BCUT2D eigenvalue weighted by Crippen LogP contribution is -2.36. The van der Waals surface area contributed by atoms with Crippen LogP contribution in [0.3, 0.4) is 0 Å². The second-order valence-corrected chi connectivity index (χ2v) is 8.71. The highest BCUT2D eigenvalue weighted by molar-refractivity contribution is 9.10. The number of alkyl carbamates (subject to hydrolysis) is 1. The second kappa shape index (κ2) is 6.97. The zero-order valence-electron chi connectivity index (χ0n) is 12.9. The summed E-state index contributed by atoms with van der Waals surface area (Å²) in [6.45, 7) is 4.85. The first kappa shape index (κ1) is 18.9. The number of carbonyl (C=O) groups excluding carboxylic acids is 1. The summed E-state index contributed by atoms with van der Waals surface area (Å²) in [6, 6.07) is 3.69. The Balaban J connectivity index is 2.99. The Morgan fingerprint density at radius 3 is 2.41 bits per heavy atom. The van der Waals surface area contributed by atoms with Gasteiger partial charge in [-0.05, 0) is 38.5 Å². The molecule has 0 bridgehead atoms. The summed E-state index contributed by atoms with van der Waals surface area (Å²) in [5, 5.41) is 12.0. The number of aliphatic hydroxyl groups excluding tert-OH is 1. The molecule has 8 heteroatoms. The molecule has 0 spiro atoms. The lowest BCUT2D eigenvalue weighted by Gasteiger charge is -2.23. The van der Waals surface area contributed by atoms with Crippen molar-refractivity contribution in [1.82, 2.24) is 5.32 Å². The van der Waals surface area contributed by atoms with Gasteiger partial charge in [0.1, 0.15) is 5.60 Å². The van der Waals surface area contributed by atoms with E-state index in [0.29, 0.717) is 10.0 Å². The standard InChI is InChI=1S/C14H20BrNO5S/c1-14(2,3)21-13(18)16-12(8-17)10-6-5-9(7-11(10)15)22(4,19)20/h5-7,12,17H,8H2,1-4H3,(H,16,18)/t12-/m0/s1. The van der Waals surface area contributed by atoms with Gasteiger partial charge in [-0.25, -0.2) is 13.2 Å². The van der Waals surface area contributed by atoms with Crippen LogP contribution in [0.5, 0.6) is 0 Å². The fraction of sp³-hybridized carbons (Fsp3) is 0.500. The predicted molar refractivity (Wildman–Crippen MR) is 86.4 cm³/mol. The monoisotopic (exact) mass is 393 g/mol. The molecule has 1 aromatic carbocycles. The predicted octanol–water partition coefficient (Wildman–Crippen LogP) is 2.41. The van der Waals surface area contributed by atoms with E-state index in [0.717, 1.165) is 6.26 Å². The lowest BCUT2D eigenvalue weighted by atomic mass is 10.1. The number of hydrogen-bond donors (Lipinski definition) is 2. The summed E-state index contributed by atoms with van der Waals surface area (Å²) >= 11 is 3.26. The highest BCUT2D eigenvalue weighted by Crippen LogP contribution is 2.26. The molecule has 1 rings (SSSR count). The van der Waals surface area contributed by atoms with Crippen LogP contribution in [0.1, 0.15) is 32.4 Å². The van der Waals surface area contributed by atoms with Crippen LogP contribution >= 0.6 is 15.9 Å². The van der Waals surface area contributed by atoms with Crippen molar-refractivity contribution in [3.63, 3.8) is 0 Å². The Bertz CT molecular complexity index is 652. The molecule has 6 nitrogen and oxygen atoms in total. The van der Waals surface area contributed by atoms with Gasteiger partial charge in [0.2, 0.25) is 0 Å². The summed E-state index contributed by atoms with van der Waals surface area (Å²) < 4.78 is 28.6. The van der Waals surface area contributed by atoms with Crippen LogP contribution in [-0.4, -0.2) is 38.1 Å². The highest BCUT2D eigenvalue weighted by Gasteiger charge is 2.22. The van der Waals surface area contributed by atoms with Gasteiger partial charge in [0.25, 0.3) is 0 Å². The molecule has 0 fully saturated rings. The first-order chi connectivity index (χ1) is 9.94. The third kappa shape index (κ3) is 5.58. The molecule has 2 N–H and O–H groups in total. The molecule has 0 aliphatic carbocycles. The maximum absolute atomic E-state index is 11.8. The van der Waals surface area contributed by atoms with E-state index in [1.165, 1.54) is 12.1 Å². The summed E-state index contributed by atoms with van der Waals surface area (Å²) in [6.07, 6.45) is 0.447. The van der Waals surface area contributed by atoms with E-state index in [-0.39, 0.29) is 11.5 Å². The molecule has 1 atom stereocenters. The largest absolute Gasteiger partial charge is 0.444 e. The number of carbonyl (C=O) groups is 1. The number of aliphatic hydroxyl groups is 1. The molecule has 1 amide bonds. The minimum atomic E-state index is -3.33. The number of halogens is 1. The molecule has 0 radical (unpaired) electrons. The smallest absolute Gasteiger partial charge is 0.408 e. The third-order valence-corrected chi connectivity index (χ3v) is 4.45. The van der Waals surface area contributed by atoms with E-state index in [1.54, 1.807) is 26.8 Å². The second-order valence-electron chi connectivity index (χ2n) is 5.84. The Kier molecular flexibility index (Phi) is 6.00. The first-order valence-electron chi connectivity index (χ1n) is 6.54. The number of nitrogens with one attached hydrogen (secondary N) is 1. The molecule has 22 heavy (non-hydrogen) atoms. The van der Waals surface area contributed by atoms with Gasteiger partial charge in [-0.2, -0.15) is 0 Å². The third-order valence-electron chi connectivity index (χ3n) is 2.65. The highest BCUT2D eigenvalue weighted by atomic mass is 79.9. The molecule has 0 saturated heterocycles. The number of amides is 1. The van der Waals surface area contributed by atoms with E-state index in [2.05, 4.69) is 21.2 Å². The molecule has 0 aliphatic heterocycles. The molecule has 124 valence electrons. The molecule has 1 aromatic rings. The van der Waals surface area contributed by atoms with Crippen LogP contribution in [0.25, 0.3) is 0 Å². The summed E-state index contributed by atoms with van der Waals surface area (Å²) in [4.78, 5) is 11.9. The van der Waals surface area contributed by atoms with Crippen molar-refractivity contribution in [2.75, 3.05) is 12.9 Å². The average Bonchev–Trinajstić information content (AvgIpc) is 2.33. The summed E-state index contributed by atoms with van der Waals surface area (Å²) in [5.74, 6) is 0. The van der Waals surface area contributed by atoms with E-state index >= 15 is 0 Å². The Morgan fingerprint density at radius 2 is 2.00 bits per heavy atom. The van der Waals surface area contributed by atoms with Crippen molar-refractivity contribution in [3.8, 4) is 0 Å². The number of ether oxygens (including phenoxy) is 1. The van der Waals surface area contributed by atoms with Crippen LogP contribution in [0.4, 0.5) is 4.79 Å². The van der Waals surface area contributed by atoms with E-state index < -0.39 is 27.6 Å². The number of sulfone groups is 1. The molecule has 0 aromatic heterocycles. The van der Waals surface area contributed by atoms with Gasteiger partial charge in [0.05, 0.1) is 17.5 Å². The Labute approximate surface area is 138 Å². The van der Waals surface area contributed by atoms with Gasteiger partial charge in [0, 0.05) is 10.7 Å². The molecular formula is C14H20BrNO5S. The molecule has 0 heterocycles. The maximum atomic E-state index is 11.8. The van der Waals surface area contributed by atoms with Gasteiger partial charge < -0.3 is 15.2 Å². The minimum Gasteiger partial charge on any atom is -0.444 e. The van der Waals surface area contributed by atoms with Crippen molar-refractivity contribution >= 4 is 31.9 Å². The summed E-state index contributed by atoms with van der Waals surface area (Å²) in [5.41, 5.74) is -0.0951. The van der Waals surface area contributed by atoms with Crippen LogP contribution in [-0.2, 0) is 14.6 Å². The SMILES string of the molecule is CC(C)(C)OC(=O)N[C@@H](CO)c1ccc(S(C)(=O)=O)cc1Br. The molecule has 0 aliphatic rings. The maximum Gasteiger partial charge on any atom is 0.408 e. The van der Waals surface area contributed by atoms with Gasteiger partial charge >= 0.3 is 6.09 Å². The van der Waals surface area contributed by atoms with E-state index in [4.69, 9.17) is 4.74 Å². The number of hydrogen-bond acceptors (Lipinski definition) is 5. The van der Waals surface area contributed by atoms with Gasteiger partial charge in [-0.15, -0.1) is 0 Å². The topological polar surface area (TPSA) is 92.7 Å². The van der Waals surface area contributed by atoms with Gasteiger partial charge in [0.15, 0.2) is 9.84 Å². The van der Waals surface area contributed by atoms with Crippen molar-refractivity contribution in [1.29, 1.82) is 0 Å². The van der Waals surface area contributed by atoms with E-state index in [9.17, 15) is 18.3 Å². The zero-order chi connectivity index (χ0) is 17.1.